The highest BCUT2D eigenvalue weighted by atomic mass is 35.5. The maximum absolute atomic E-state index is 5.66. The van der Waals surface area contributed by atoms with E-state index in [2.05, 4.69) is 15.0 Å². The minimum absolute atomic E-state index is 0.261. The predicted octanol–water partition coefficient (Wildman–Crippen LogP) is 2.72. The van der Waals surface area contributed by atoms with Gasteiger partial charge in [-0.1, -0.05) is 11.8 Å². The molecule has 2 rings (SSSR count). The molecule has 0 N–H and O–H groups in total. The summed E-state index contributed by atoms with van der Waals surface area (Å²) in [6.07, 6.45) is 3.25. The molecule has 6 heteroatoms. The van der Waals surface area contributed by atoms with Crippen LogP contribution in [0.1, 0.15) is 11.4 Å². The first kappa shape index (κ1) is 10.4. The van der Waals surface area contributed by atoms with Gasteiger partial charge in [0.1, 0.15) is 6.26 Å². The van der Waals surface area contributed by atoms with Gasteiger partial charge in [-0.05, 0) is 24.6 Å². The molecule has 0 atom stereocenters. The van der Waals surface area contributed by atoms with Crippen molar-refractivity contribution in [1.82, 2.24) is 15.0 Å². The fourth-order valence-electron chi connectivity index (χ4n) is 0.984. The summed E-state index contributed by atoms with van der Waals surface area (Å²) in [4.78, 5) is 12.0. The molecular formula is C9H8ClN3OS. The van der Waals surface area contributed by atoms with Gasteiger partial charge in [0.2, 0.25) is 5.28 Å². The fourth-order valence-corrected chi connectivity index (χ4v) is 1.91. The molecule has 0 spiro atoms. The van der Waals surface area contributed by atoms with Crippen molar-refractivity contribution < 1.29 is 4.42 Å². The molecule has 2 aromatic heterocycles. The van der Waals surface area contributed by atoms with Crippen molar-refractivity contribution in [2.75, 3.05) is 0 Å². The number of hydrogen-bond acceptors (Lipinski definition) is 5. The lowest BCUT2D eigenvalue weighted by Crippen LogP contribution is -1.89. The molecule has 4 nitrogen and oxygen atoms in total. The van der Waals surface area contributed by atoms with Crippen molar-refractivity contribution in [1.29, 1.82) is 0 Å². The zero-order valence-corrected chi connectivity index (χ0v) is 9.55. The minimum atomic E-state index is 0.261. The summed E-state index contributed by atoms with van der Waals surface area (Å²) in [6, 6.07) is 1.81. The SMILES string of the molecule is Cc1coc(SCc2ccnc(Cl)n2)n1. The van der Waals surface area contributed by atoms with Crippen molar-refractivity contribution in [3.05, 3.63) is 35.2 Å². The van der Waals surface area contributed by atoms with Crippen LogP contribution in [-0.4, -0.2) is 15.0 Å². The molecule has 0 saturated heterocycles. The van der Waals surface area contributed by atoms with Crippen LogP contribution in [0.5, 0.6) is 0 Å². The molecular weight excluding hydrogens is 234 g/mol. The molecule has 0 fully saturated rings. The molecule has 78 valence electrons. The number of thioether (sulfide) groups is 1. The Hall–Kier alpha value is -1.07. The summed E-state index contributed by atoms with van der Waals surface area (Å²) < 4.78 is 5.19. The van der Waals surface area contributed by atoms with Crippen molar-refractivity contribution in [3.63, 3.8) is 0 Å². The number of aromatic nitrogens is 3. The molecule has 0 aliphatic heterocycles. The Morgan fingerprint density at radius 1 is 1.47 bits per heavy atom. The molecule has 0 amide bonds. The summed E-state index contributed by atoms with van der Waals surface area (Å²) in [5.41, 5.74) is 1.73. The standard InChI is InChI=1S/C9H8ClN3OS/c1-6-4-14-9(12-6)15-5-7-2-3-11-8(10)13-7/h2-4H,5H2,1H3. The van der Waals surface area contributed by atoms with E-state index in [-0.39, 0.29) is 5.28 Å². The Balaban J connectivity index is 1.99. The fraction of sp³-hybridized carbons (Fsp3) is 0.222. The molecule has 0 aliphatic carbocycles. The number of nitrogens with zero attached hydrogens (tertiary/aromatic N) is 3. The van der Waals surface area contributed by atoms with E-state index in [1.807, 2.05) is 13.0 Å². The van der Waals surface area contributed by atoms with Gasteiger partial charge in [-0.15, -0.1) is 0 Å². The summed E-state index contributed by atoms with van der Waals surface area (Å²) in [5.74, 6) is 0.669. The highest BCUT2D eigenvalue weighted by Gasteiger charge is 2.03. The molecule has 15 heavy (non-hydrogen) atoms. The van der Waals surface area contributed by atoms with E-state index < -0.39 is 0 Å². The van der Waals surface area contributed by atoms with Gasteiger partial charge in [0.15, 0.2) is 0 Å². The topological polar surface area (TPSA) is 51.8 Å². The summed E-state index contributed by atoms with van der Waals surface area (Å²) >= 11 is 7.14. The maximum Gasteiger partial charge on any atom is 0.256 e. The van der Waals surface area contributed by atoms with Crippen LogP contribution in [0.2, 0.25) is 5.28 Å². The average molecular weight is 242 g/mol. The van der Waals surface area contributed by atoms with E-state index in [9.17, 15) is 0 Å². The van der Waals surface area contributed by atoms with Crippen LogP contribution in [0.25, 0.3) is 0 Å². The Morgan fingerprint density at radius 2 is 2.33 bits per heavy atom. The number of rotatable bonds is 3. The van der Waals surface area contributed by atoms with Gasteiger partial charge in [-0.3, -0.25) is 0 Å². The lowest BCUT2D eigenvalue weighted by atomic mass is 10.5. The van der Waals surface area contributed by atoms with Crippen LogP contribution in [-0.2, 0) is 5.75 Å². The van der Waals surface area contributed by atoms with Crippen molar-refractivity contribution in [3.8, 4) is 0 Å². The smallest absolute Gasteiger partial charge is 0.256 e. The first-order valence-electron chi connectivity index (χ1n) is 4.26. The minimum Gasteiger partial charge on any atom is -0.440 e. The van der Waals surface area contributed by atoms with E-state index in [0.29, 0.717) is 11.0 Å². The van der Waals surface area contributed by atoms with Gasteiger partial charge in [0, 0.05) is 11.9 Å². The number of halogens is 1. The Kier molecular flexibility index (Phi) is 3.23. The second-order valence-corrected chi connectivity index (χ2v) is 4.13. The number of oxazole rings is 1. The van der Waals surface area contributed by atoms with E-state index in [1.165, 1.54) is 11.8 Å². The van der Waals surface area contributed by atoms with Crippen LogP contribution >= 0.6 is 23.4 Å². The Bertz CT molecular complexity index is 460. The van der Waals surface area contributed by atoms with Gasteiger partial charge in [0.05, 0.1) is 11.4 Å². The largest absolute Gasteiger partial charge is 0.440 e. The predicted molar refractivity (Wildman–Crippen MR) is 57.8 cm³/mol. The van der Waals surface area contributed by atoms with E-state index in [4.69, 9.17) is 16.0 Å². The Labute approximate surface area is 96.1 Å². The molecule has 2 heterocycles. The van der Waals surface area contributed by atoms with Crippen LogP contribution in [0, 0.1) is 6.92 Å². The third kappa shape index (κ3) is 2.94. The van der Waals surface area contributed by atoms with Gasteiger partial charge >= 0.3 is 0 Å². The van der Waals surface area contributed by atoms with Crippen molar-refractivity contribution in [2.45, 2.75) is 17.9 Å². The third-order valence-electron chi connectivity index (χ3n) is 1.63. The summed E-state index contributed by atoms with van der Waals surface area (Å²) in [5, 5.41) is 0.902. The van der Waals surface area contributed by atoms with Crippen LogP contribution in [0.3, 0.4) is 0 Å². The lowest BCUT2D eigenvalue weighted by molar-refractivity contribution is 0.454. The van der Waals surface area contributed by atoms with Gasteiger partial charge < -0.3 is 4.42 Å². The van der Waals surface area contributed by atoms with E-state index >= 15 is 0 Å². The van der Waals surface area contributed by atoms with Gasteiger partial charge in [-0.25, -0.2) is 15.0 Å². The normalized spacial score (nSPS) is 10.5. The second-order valence-electron chi connectivity index (χ2n) is 2.86. The van der Waals surface area contributed by atoms with Crippen LogP contribution < -0.4 is 0 Å². The number of aryl methyl sites for hydroxylation is 1. The van der Waals surface area contributed by atoms with E-state index in [1.54, 1.807) is 12.5 Å². The van der Waals surface area contributed by atoms with Gasteiger partial charge in [0.25, 0.3) is 5.22 Å². The second kappa shape index (κ2) is 4.63. The molecule has 0 unspecified atom stereocenters. The van der Waals surface area contributed by atoms with Gasteiger partial charge in [-0.2, -0.15) is 0 Å². The highest BCUT2D eigenvalue weighted by Crippen LogP contribution is 2.20. The molecule has 0 aromatic carbocycles. The van der Waals surface area contributed by atoms with Crippen molar-refractivity contribution in [2.24, 2.45) is 0 Å². The first-order valence-corrected chi connectivity index (χ1v) is 5.63. The van der Waals surface area contributed by atoms with E-state index in [0.717, 1.165) is 11.4 Å². The molecule has 0 radical (unpaired) electrons. The summed E-state index contributed by atoms with van der Waals surface area (Å²) in [7, 11) is 0. The maximum atomic E-state index is 5.66. The molecule has 2 aromatic rings. The summed E-state index contributed by atoms with van der Waals surface area (Å²) in [6.45, 7) is 1.88. The third-order valence-corrected chi connectivity index (χ3v) is 2.68. The monoisotopic (exact) mass is 241 g/mol. The molecule has 0 saturated carbocycles. The number of hydrogen-bond donors (Lipinski definition) is 0. The first-order chi connectivity index (χ1) is 7.24. The molecule has 0 bridgehead atoms. The lowest BCUT2D eigenvalue weighted by Gasteiger charge is -1.96. The van der Waals surface area contributed by atoms with Crippen molar-refractivity contribution >= 4 is 23.4 Å². The zero-order chi connectivity index (χ0) is 10.7. The molecule has 0 aliphatic rings. The van der Waals surface area contributed by atoms with Crippen LogP contribution in [0.15, 0.2) is 28.2 Å². The highest BCUT2D eigenvalue weighted by molar-refractivity contribution is 7.98. The zero-order valence-electron chi connectivity index (χ0n) is 7.98. The Morgan fingerprint density at radius 3 is 3.00 bits per heavy atom. The quantitative estimate of drug-likeness (QED) is 0.611. The van der Waals surface area contributed by atoms with Crippen LogP contribution in [0.4, 0.5) is 0 Å². The average Bonchev–Trinajstić information content (AvgIpc) is 2.62.